The monoisotopic (exact) mass is 231 g/mol. The molecule has 1 N–H and O–H groups in total. The fourth-order valence-electron chi connectivity index (χ4n) is 2.94. The normalized spacial score (nSPS) is 25.5. The molecule has 1 unspecified atom stereocenters. The van der Waals surface area contributed by atoms with Crippen molar-refractivity contribution in [2.24, 2.45) is 5.41 Å². The van der Waals surface area contributed by atoms with E-state index in [2.05, 4.69) is 56.4 Å². The Kier molecular flexibility index (Phi) is 3.88. The van der Waals surface area contributed by atoms with Crippen LogP contribution in [0.4, 0.5) is 0 Å². The molecule has 2 rings (SSSR count). The van der Waals surface area contributed by atoms with Crippen molar-refractivity contribution in [2.75, 3.05) is 0 Å². The zero-order valence-electron chi connectivity index (χ0n) is 11.4. The molecule has 0 heterocycles. The van der Waals surface area contributed by atoms with E-state index in [1.807, 2.05) is 0 Å². The van der Waals surface area contributed by atoms with Gasteiger partial charge in [0.1, 0.15) is 0 Å². The Balaban J connectivity index is 2.00. The summed E-state index contributed by atoms with van der Waals surface area (Å²) in [4.78, 5) is 0. The summed E-state index contributed by atoms with van der Waals surface area (Å²) in [5.74, 6) is 0. The van der Waals surface area contributed by atoms with Crippen molar-refractivity contribution in [1.29, 1.82) is 0 Å². The lowest BCUT2D eigenvalue weighted by Gasteiger charge is -2.40. The maximum absolute atomic E-state index is 3.83. The Morgan fingerprint density at radius 1 is 1.18 bits per heavy atom. The molecule has 1 saturated carbocycles. The minimum absolute atomic E-state index is 0.446. The summed E-state index contributed by atoms with van der Waals surface area (Å²) in [6.07, 6.45) is 5.45. The van der Waals surface area contributed by atoms with Crippen LogP contribution in [0, 0.1) is 5.41 Å². The summed E-state index contributed by atoms with van der Waals surface area (Å²) < 4.78 is 0. The van der Waals surface area contributed by atoms with E-state index < -0.39 is 0 Å². The highest BCUT2D eigenvalue weighted by Crippen LogP contribution is 2.36. The first-order valence-corrected chi connectivity index (χ1v) is 6.90. The number of rotatable bonds is 3. The van der Waals surface area contributed by atoms with E-state index in [1.165, 1.54) is 31.2 Å². The quantitative estimate of drug-likeness (QED) is 0.817. The molecule has 17 heavy (non-hydrogen) atoms. The molecular weight excluding hydrogens is 206 g/mol. The van der Waals surface area contributed by atoms with E-state index in [0.29, 0.717) is 17.5 Å². The Labute approximate surface area is 106 Å². The second kappa shape index (κ2) is 5.22. The SMILES string of the molecule is C[C@@H](NC1CCCCC1(C)C)c1ccccc1. The van der Waals surface area contributed by atoms with E-state index in [0.717, 1.165) is 0 Å². The van der Waals surface area contributed by atoms with Crippen molar-refractivity contribution < 1.29 is 0 Å². The highest BCUT2D eigenvalue weighted by atomic mass is 15.0. The van der Waals surface area contributed by atoms with Crippen LogP contribution < -0.4 is 5.32 Å². The van der Waals surface area contributed by atoms with Crippen molar-refractivity contribution in [3.05, 3.63) is 35.9 Å². The Bertz CT molecular complexity index is 342. The minimum Gasteiger partial charge on any atom is -0.307 e. The lowest BCUT2D eigenvalue weighted by molar-refractivity contribution is 0.157. The predicted molar refractivity (Wildman–Crippen MR) is 74.0 cm³/mol. The van der Waals surface area contributed by atoms with Crippen molar-refractivity contribution in [1.82, 2.24) is 5.32 Å². The standard InChI is InChI=1S/C16H25N/c1-13(14-9-5-4-6-10-14)17-15-11-7-8-12-16(15,2)3/h4-6,9-10,13,15,17H,7-8,11-12H2,1-3H3/t13-,15?/m1/s1. The summed E-state index contributed by atoms with van der Waals surface area (Å²) in [6, 6.07) is 11.9. The van der Waals surface area contributed by atoms with Crippen LogP contribution in [-0.2, 0) is 0 Å². The first-order valence-electron chi connectivity index (χ1n) is 6.90. The molecule has 0 amide bonds. The Hall–Kier alpha value is -0.820. The molecule has 1 aliphatic carbocycles. The third-order valence-electron chi connectivity index (χ3n) is 4.26. The average molecular weight is 231 g/mol. The van der Waals surface area contributed by atoms with Gasteiger partial charge in [0.25, 0.3) is 0 Å². The molecule has 2 atom stereocenters. The molecule has 1 fully saturated rings. The summed E-state index contributed by atoms with van der Waals surface area (Å²) in [6.45, 7) is 7.09. The lowest BCUT2D eigenvalue weighted by atomic mass is 9.73. The number of benzene rings is 1. The Morgan fingerprint density at radius 2 is 1.88 bits per heavy atom. The van der Waals surface area contributed by atoms with Crippen molar-refractivity contribution in [3.8, 4) is 0 Å². The van der Waals surface area contributed by atoms with E-state index in [-0.39, 0.29) is 0 Å². The maximum Gasteiger partial charge on any atom is 0.0294 e. The molecule has 0 bridgehead atoms. The largest absolute Gasteiger partial charge is 0.307 e. The van der Waals surface area contributed by atoms with Gasteiger partial charge in [0.05, 0.1) is 0 Å². The van der Waals surface area contributed by atoms with Crippen LogP contribution in [0.3, 0.4) is 0 Å². The average Bonchev–Trinajstić information content (AvgIpc) is 2.33. The van der Waals surface area contributed by atoms with Gasteiger partial charge in [-0.1, -0.05) is 57.0 Å². The summed E-state index contributed by atoms with van der Waals surface area (Å²) >= 11 is 0. The second-order valence-corrected chi connectivity index (χ2v) is 6.09. The molecule has 0 aliphatic heterocycles. The highest BCUT2D eigenvalue weighted by Gasteiger charge is 2.32. The summed E-state index contributed by atoms with van der Waals surface area (Å²) in [5.41, 5.74) is 1.84. The van der Waals surface area contributed by atoms with E-state index >= 15 is 0 Å². The Morgan fingerprint density at radius 3 is 2.53 bits per heavy atom. The fourth-order valence-corrected chi connectivity index (χ4v) is 2.94. The summed E-state index contributed by atoms with van der Waals surface area (Å²) in [5, 5.41) is 3.83. The second-order valence-electron chi connectivity index (χ2n) is 6.09. The van der Waals surface area contributed by atoms with E-state index in [9.17, 15) is 0 Å². The molecule has 1 aliphatic rings. The molecular formula is C16H25N. The van der Waals surface area contributed by atoms with Crippen LogP contribution in [0.2, 0.25) is 0 Å². The molecule has 0 spiro atoms. The maximum atomic E-state index is 3.83. The van der Waals surface area contributed by atoms with Gasteiger partial charge in [-0.05, 0) is 30.7 Å². The first-order chi connectivity index (χ1) is 8.09. The minimum atomic E-state index is 0.446. The van der Waals surface area contributed by atoms with Gasteiger partial charge in [0.2, 0.25) is 0 Å². The van der Waals surface area contributed by atoms with Gasteiger partial charge >= 0.3 is 0 Å². The van der Waals surface area contributed by atoms with Crippen molar-refractivity contribution >= 4 is 0 Å². The van der Waals surface area contributed by atoms with Gasteiger partial charge in [-0.2, -0.15) is 0 Å². The van der Waals surface area contributed by atoms with E-state index in [1.54, 1.807) is 0 Å². The van der Waals surface area contributed by atoms with Crippen LogP contribution in [0.15, 0.2) is 30.3 Å². The van der Waals surface area contributed by atoms with Crippen LogP contribution in [0.5, 0.6) is 0 Å². The zero-order valence-corrected chi connectivity index (χ0v) is 11.4. The predicted octanol–water partition coefficient (Wildman–Crippen LogP) is 4.31. The topological polar surface area (TPSA) is 12.0 Å². The molecule has 1 heteroatoms. The zero-order chi connectivity index (χ0) is 12.3. The lowest BCUT2D eigenvalue weighted by Crippen LogP contribution is -2.45. The smallest absolute Gasteiger partial charge is 0.0294 e. The molecule has 1 aromatic rings. The third-order valence-corrected chi connectivity index (χ3v) is 4.26. The van der Waals surface area contributed by atoms with Gasteiger partial charge in [-0.15, -0.1) is 0 Å². The highest BCUT2D eigenvalue weighted by molar-refractivity contribution is 5.18. The van der Waals surface area contributed by atoms with Crippen LogP contribution >= 0.6 is 0 Å². The number of hydrogen-bond donors (Lipinski definition) is 1. The van der Waals surface area contributed by atoms with Gasteiger partial charge in [-0.25, -0.2) is 0 Å². The first kappa shape index (κ1) is 12.6. The third kappa shape index (κ3) is 3.10. The molecule has 94 valence electrons. The van der Waals surface area contributed by atoms with Gasteiger partial charge in [-0.3, -0.25) is 0 Å². The van der Waals surface area contributed by atoms with Crippen LogP contribution in [-0.4, -0.2) is 6.04 Å². The van der Waals surface area contributed by atoms with Crippen molar-refractivity contribution in [3.63, 3.8) is 0 Å². The molecule has 1 aromatic carbocycles. The number of nitrogens with one attached hydrogen (secondary N) is 1. The molecule has 1 nitrogen and oxygen atoms in total. The van der Waals surface area contributed by atoms with Gasteiger partial charge in [0, 0.05) is 12.1 Å². The van der Waals surface area contributed by atoms with Crippen molar-refractivity contribution in [2.45, 2.75) is 58.5 Å². The number of hydrogen-bond acceptors (Lipinski definition) is 1. The summed E-state index contributed by atoms with van der Waals surface area (Å²) in [7, 11) is 0. The van der Waals surface area contributed by atoms with Gasteiger partial charge < -0.3 is 5.32 Å². The van der Waals surface area contributed by atoms with Crippen LogP contribution in [0.1, 0.15) is 58.1 Å². The van der Waals surface area contributed by atoms with Crippen LogP contribution in [0.25, 0.3) is 0 Å². The van der Waals surface area contributed by atoms with Gasteiger partial charge in [0.15, 0.2) is 0 Å². The molecule has 0 saturated heterocycles. The fraction of sp³-hybridized carbons (Fsp3) is 0.625. The molecule has 0 radical (unpaired) electrons. The van der Waals surface area contributed by atoms with E-state index in [4.69, 9.17) is 0 Å². The molecule has 0 aromatic heterocycles.